The molecule has 1 N–H and O–H groups in total. The first-order valence-electron chi connectivity index (χ1n) is 6.76. The summed E-state index contributed by atoms with van der Waals surface area (Å²) in [5.74, 6) is 1.20. The van der Waals surface area contributed by atoms with Crippen LogP contribution in [0.4, 0.5) is 0 Å². The molecular formula is C16H19NO3S. The SMILES string of the molecule is CCNCc1cccc(Oc2cccc(S(C)(=O)=O)c2)c1. The molecule has 0 saturated heterocycles. The van der Waals surface area contributed by atoms with Crippen molar-refractivity contribution in [2.24, 2.45) is 0 Å². The van der Waals surface area contributed by atoms with Gasteiger partial charge < -0.3 is 10.1 Å². The first kappa shape index (κ1) is 15.5. The Balaban J connectivity index is 2.18. The molecule has 4 nitrogen and oxygen atoms in total. The molecule has 0 spiro atoms. The minimum Gasteiger partial charge on any atom is -0.457 e. The molecule has 0 saturated carbocycles. The number of nitrogens with one attached hydrogen (secondary N) is 1. The Morgan fingerprint density at radius 1 is 1.05 bits per heavy atom. The zero-order valence-electron chi connectivity index (χ0n) is 12.2. The second kappa shape index (κ2) is 6.74. The van der Waals surface area contributed by atoms with E-state index >= 15 is 0 Å². The summed E-state index contributed by atoms with van der Waals surface area (Å²) in [6, 6.07) is 14.2. The van der Waals surface area contributed by atoms with Gasteiger partial charge in [-0.3, -0.25) is 0 Å². The lowest BCUT2D eigenvalue weighted by Gasteiger charge is -2.09. The summed E-state index contributed by atoms with van der Waals surface area (Å²) in [4.78, 5) is 0.254. The minimum atomic E-state index is -3.23. The van der Waals surface area contributed by atoms with Crippen molar-refractivity contribution in [1.29, 1.82) is 0 Å². The molecule has 0 aliphatic heterocycles. The second-order valence-corrected chi connectivity index (χ2v) is 6.79. The van der Waals surface area contributed by atoms with E-state index in [0.29, 0.717) is 11.5 Å². The third-order valence-corrected chi connectivity index (χ3v) is 4.06. The Hall–Kier alpha value is -1.85. The highest BCUT2D eigenvalue weighted by atomic mass is 32.2. The molecule has 0 radical (unpaired) electrons. The molecule has 0 heterocycles. The van der Waals surface area contributed by atoms with Crippen molar-refractivity contribution in [3.8, 4) is 11.5 Å². The number of hydrogen-bond acceptors (Lipinski definition) is 4. The number of hydrogen-bond donors (Lipinski definition) is 1. The maximum atomic E-state index is 11.5. The van der Waals surface area contributed by atoms with Crippen LogP contribution in [0.25, 0.3) is 0 Å². The summed E-state index contributed by atoms with van der Waals surface area (Å²) < 4.78 is 28.8. The molecule has 112 valence electrons. The fourth-order valence-electron chi connectivity index (χ4n) is 1.89. The van der Waals surface area contributed by atoms with E-state index in [-0.39, 0.29) is 4.90 Å². The van der Waals surface area contributed by atoms with Crippen molar-refractivity contribution in [3.63, 3.8) is 0 Å². The van der Waals surface area contributed by atoms with Crippen LogP contribution >= 0.6 is 0 Å². The maximum Gasteiger partial charge on any atom is 0.175 e. The summed E-state index contributed by atoms with van der Waals surface area (Å²) in [5, 5.41) is 3.25. The molecule has 2 aromatic carbocycles. The lowest BCUT2D eigenvalue weighted by Crippen LogP contribution is -2.11. The number of rotatable bonds is 6. The van der Waals surface area contributed by atoms with Crippen molar-refractivity contribution in [3.05, 3.63) is 54.1 Å². The summed E-state index contributed by atoms with van der Waals surface area (Å²) >= 11 is 0. The Labute approximate surface area is 125 Å². The highest BCUT2D eigenvalue weighted by Crippen LogP contribution is 2.24. The molecule has 0 aliphatic carbocycles. The smallest absolute Gasteiger partial charge is 0.175 e. The molecule has 2 rings (SSSR count). The summed E-state index contributed by atoms with van der Waals surface area (Å²) in [7, 11) is -3.23. The largest absolute Gasteiger partial charge is 0.457 e. The van der Waals surface area contributed by atoms with Crippen LogP contribution in [0.3, 0.4) is 0 Å². The lowest BCUT2D eigenvalue weighted by atomic mass is 10.2. The molecule has 5 heteroatoms. The maximum absolute atomic E-state index is 11.5. The molecule has 0 aromatic heterocycles. The van der Waals surface area contributed by atoms with Gasteiger partial charge in [-0.25, -0.2) is 8.42 Å². The van der Waals surface area contributed by atoms with Gasteiger partial charge in [0.05, 0.1) is 4.90 Å². The molecule has 2 aromatic rings. The van der Waals surface area contributed by atoms with Gasteiger partial charge in [0, 0.05) is 12.8 Å². The van der Waals surface area contributed by atoms with Crippen LogP contribution < -0.4 is 10.1 Å². The molecule has 0 fully saturated rings. The summed E-state index contributed by atoms with van der Waals surface area (Å²) in [6.45, 7) is 3.73. The van der Waals surface area contributed by atoms with E-state index in [2.05, 4.69) is 12.2 Å². The van der Waals surface area contributed by atoms with Gasteiger partial charge in [0.25, 0.3) is 0 Å². The normalized spacial score (nSPS) is 11.3. The van der Waals surface area contributed by atoms with E-state index in [9.17, 15) is 8.42 Å². The highest BCUT2D eigenvalue weighted by molar-refractivity contribution is 7.90. The van der Waals surface area contributed by atoms with Gasteiger partial charge in [-0.15, -0.1) is 0 Å². The van der Waals surface area contributed by atoms with E-state index in [0.717, 1.165) is 18.7 Å². The second-order valence-electron chi connectivity index (χ2n) is 4.78. The van der Waals surface area contributed by atoms with Gasteiger partial charge in [-0.2, -0.15) is 0 Å². The van der Waals surface area contributed by atoms with Crippen LogP contribution in [0.15, 0.2) is 53.4 Å². The van der Waals surface area contributed by atoms with Crippen LogP contribution in [0.1, 0.15) is 12.5 Å². The van der Waals surface area contributed by atoms with Crippen molar-refractivity contribution in [2.75, 3.05) is 12.8 Å². The monoisotopic (exact) mass is 305 g/mol. The summed E-state index contributed by atoms with van der Waals surface area (Å²) in [6.07, 6.45) is 1.18. The first-order chi connectivity index (χ1) is 9.99. The van der Waals surface area contributed by atoms with Gasteiger partial charge in [-0.1, -0.05) is 25.1 Å². The van der Waals surface area contributed by atoms with Gasteiger partial charge in [0.15, 0.2) is 9.84 Å². The van der Waals surface area contributed by atoms with Crippen molar-refractivity contribution < 1.29 is 13.2 Å². The Kier molecular flexibility index (Phi) is 4.98. The van der Waals surface area contributed by atoms with E-state index in [1.54, 1.807) is 18.2 Å². The third-order valence-electron chi connectivity index (χ3n) is 2.95. The average molecular weight is 305 g/mol. The number of ether oxygens (including phenoxy) is 1. The average Bonchev–Trinajstić information content (AvgIpc) is 2.45. The summed E-state index contributed by atoms with van der Waals surface area (Å²) in [5.41, 5.74) is 1.12. The predicted molar refractivity (Wildman–Crippen MR) is 83.4 cm³/mol. The molecule has 0 amide bonds. The first-order valence-corrected chi connectivity index (χ1v) is 8.66. The topological polar surface area (TPSA) is 55.4 Å². The number of benzene rings is 2. The predicted octanol–water partition coefficient (Wildman–Crippen LogP) is 2.99. The highest BCUT2D eigenvalue weighted by Gasteiger charge is 2.08. The quantitative estimate of drug-likeness (QED) is 0.891. The molecule has 0 bridgehead atoms. The van der Waals surface area contributed by atoms with Crippen LogP contribution in [0.5, 0.6) is 11.5 Å². The van der Waals surface area contributed by atoms with Crippen LogP contribution in [-0.4, -0.2) is 21.2 Å². The molecule has 0 aliphatic rings. The van der Waals surface area contributed by atoms with Crippen molar-refractivity contribution >= 4 is 9.84 Å². The van der Waals surface area contributed by atoms with E-state index in [1.807, 2.05) is 24.3 Å². The Morgan fingerprint density at radius 3 is 2.38 bits per heavy atom. The van der Waals surface area contributed by atoms with Gasteiger partial charge in [0.2, 0.25) is 0 Å². The minimum absolute atomic E-state index is 0.254. The fraction of sp³-hybridized carbons (Fsp3) is 0.250. The van der Waals surface area contributed by atoms with Crippen molar-refractivity contribution in [1.82, 2.24) is 5.32 Å². The Morgan fingerprint density at radius 2 is 1.71 bits per heavy atom. The fourth-order valence-corrected chi connectivity index (χ4v) is 2.55. The molecule has 0 atom stereocenters. The Bertz CT molecular complexity index is 711. The molecule has 0 unspecified atom stereocenters. The van der Waals surface area contributed by atoms with E-state index in [4.69, 9.17) is 4.74 Å². The zero-order valence-corrected chi connectivity index (χ0v) is 13.0. The van der Waals surface area contributed by atoms with Gasteiger partial charge >= 0.3 is 0 Å². The third kappa shape index (κ3) is 4.58. The van der Waals surface area contributed by atoms with Crippen LogP contribution in [0.2, 0.25) is 0 Å². The van der Waals surface area contributed by atoms with E-state index < -0.39 is 9.84 Å². The standard InChI is InChI=1S/C16H19NO3S/c1-3-17-12-13-6-4-7-14(10-13)20-15-8-5-9-16(11-15)21(2,18)19/h4-11,17H,3,12H2,1-2H3. The van der Waals surface area contributed by atoms with Gasteiger partial charge in [-0.05, 0) is 42.4 Å². The van der Waals surface area contributed by atoms with Crippen molar-refractivity contribution in [2.45, 2.75) is 18.4 Å². The molecule has 21 heavy (non-hydrogen) atoms. The van der Waals surface area contributed by atoms with Gasteiger partial charge in [0.1, 0.15) is 11.5 Å². The van der Waals surface area contributed by atoms with Crippen LogP contribution in [0, 0.1) is 0 Å². The zero-order chi connectivity index (χ0) is 15.3. The lowest BCUT2D eigenvalue weighted by molar-refractivity contribution is 0.479. The molecular weight excluding hydrogens is 286 g/mol. The van der Waals surface area contributed by atoms with E-state index in [1.165, 1.54) is 12.3 Å². The number of sulfone groups is 1. The van der Waals surface area contributed by atoms with Crippen LogP contribution in [-0.2, 0) is 16.4 Å².